The van der Waals surface area contributed by atoms with E-state index in [1.807, 2.05) is 0 Å². The van der Waals surface area contributed by atoms with Crippen molar-refractivity contribution in [3.8, 4) is 0 Å². The number of hydrogen-bond acceptors (Lipinski definition) is 4. The van der Waals surface area contributed by atoms with Crippen molar-refractivity contribution in [3.05, 3.63) is 34.9 Å². The number of carbonyl (C=O) groups excluding carboxylic acids is 3. The van der Waals surface area contributed by atoms with Crippen molar-refractivity contribution in [1.29, 1.82) is 0 Å². The lowest BCUT2D eigenvalue weighted by atomic mass is 9.96. The van der Waals surface area contributed by atoms with Crippen LogP contribution in [0.15, 0.2) is 24.3 Å². The minimum absolute atomic E-state index is 0.0605. The summed E-state index contributed by atoms with van der Waals surface area (Å²) in [4.78, 5) is 37.8. The summed E-state index contributed by atoms with van der Waals surface area (Å²) in [6.07, 6.45) is 0.986. The van der Waals surface area contributed by atoms with Crippen molar-refractivity contribution in [2.24, 2.45) is 5.92 Å². The number of nitrogens with zero attached hydrogens (tertiary/aromatic N) is 1. The molecule has 0 aliphatic carbocycles. The second-order valence-electron chi connectivity index (χ2n) is 7.87. The summed E-state index contributed by atoms with van der Waals surface area (Å²) in [6.45, 7) is 6.92. The van der Waals surface area contributed by atoms with E-state index < -0.39 is 11.7 Å². The van der Waals surface area contributed by atoms with Gasteiger partial charge in [0.1, 0.15) is 5.60 Å². The SMILES string of the molecule is CC(C)(C)OC(=O)NCC(=O)NCC1CCN(C(=O)c2ccccc2Cl)CC1. The first-order chi connectivity index (χ1) is 13.2. The van der Waals surface area contributed by atoms with Gasteiger partial charge in [-0.1, -0.05) is 23.7 Å². The normalized spacial score (nSPS) is 15.1. The van der Waals surface area contributed by atoms with Crippen LogP contribution in [0, 0.1) is 5.92 Å². The minimum Gasteiger partial charge on any atom is -0.444 e. The van der Waals surface area contributed by atoms with Crippen LogP contribution < -0.4 is 10.6 Å². The molecule has 154 valence electrons. The molecule has 7 nitrogen and oxygen atoms in total. The third-order valence-electron chi connectivity index (χ3n) is 4.39. The van der Waals surface area contributed by atoms with Crippen molar-refractivity contribution in [3.63, 3.8) is 0 Å². The Bertz CT molecular complexity index is 710. The molecule has 3 amide bonds. The van der Waals surface area contributed by atoms with E-state index in [1.165, 1.54) is 0 Å². The molecule has 1 aliphatic heterocycles. The molecule has 0 saturated carbocycles. The Morgan fingerprint density at radius 3 is 2.39 bits per heavy atom. The number of halogens is 1. The number of hydrogen-bond donors (Lipinski definition) is 2. The molecule has 1 fully saturated rings. The van der Waals surface area contributed by atoms with Crippen LogP contribution in [0.4, 0.5) is 4.79 Å². The number of likely N-dealkylation sites (tertiary alicyclic amines) is 1. The van der Waals surface area contributed by atoms with E-state index in [0.717, 1.165) is 12.8 Å². The van der Waals surface area contributed by atoms with Crippen LogP contribution in [0.25, 0.3) is 0 Å². The summed E-state index contributed by atoms with van der Waals surface area (Å²) in [5.74, 6) is -0.0316. The maximum atomic E-state index is 12.6. The maximum absolute atomic E-state index is 12.6. The molecular weight excluding hydrogens is 382 g/mol. The molecule has 1 aromatic carbocycles. The van der Waals surface area contributed by atoms with Gasteiger partial charge in [0.2, 0.25) is 5.91 Å². The highest BCUT2D eigenvalue weighted by Gasteiger charge is 2.25. The third kappa shape index (κ3) is 7.03. The lowest BCUT2D eigenvalue weighted by molar-refractivity contribution is -0.120. The molecule has 8 heteroatoms. The number of nitrogens with one attached hydrogen (secondary N) is 2. The van der Waals surface area contributed by atoms with Gasteiger partial charge in [0.05, 0.1) is 17.1 Å². The van der Waals surface area contributed by atoms with Crippen LogP contribution in [0.3, 0.4) is 0 Å². The van der Waals surface area contributed by atoms with Crippen LogP contribution in [-0.4, -0.2) is 54.6 Å². The molecule has 0 aromatic heterocycles. The van der Waals surface area contributed by atoms with Gasteiger partial charge in [-0.05, 0) is 51.7 Å². The molecule has 0 bridgehead atoms. The fourth-order valence-corrected chi connectivity index (χ4v) is 3.15. The quantitative estimate of drug-likeness (QED) is 0.782. The summed E-state index contributed by atoms with van der Waals surface area (Å²) < 4.78 is 5.08. The zero-order chi connectivity index (χ0) is 20.7. The Kier molecular flexibility index (Phi) is 7.69. The highest BCUT2D eigenvalue weighted by atomic mass is 35.5. The van der Waals surface area contributed by atoms with Crippen molar-refractivity contribution < 1.29 is 19.1 Å². The van der Waals surface area contributed by atoms with E-state index >= 15 is 0 Å². The molecule has 28 heavy (non-hydrogen) atoms. The van der Waals surface area contributed by atoms with Crippen LogP contribution in [-0.2, 0) is 9.53 Å². The van der Waals surface area contributed by atoms with E-state index in [-0.39, 0.29) is 18.4 Å². The molecular formula is C20H28ClN3O4. The van der Waals surface area contributed by atoms with E-state index in [0.29, 0.717) is 36.1 Å². The predicted octanol–water partition coefficient (Wildman–Crippen LogP) is 2.83. The van der Waals surface area contributed by atoms with Gasteiger partial charge in [0.15, 0.2) is 0 Å². The first-order valence-electron chi connectivity index (χ1n) is 9.43. The molecule has 0 radical (unpaired) electrons. The van der Waals surface area contributed by atoms with Gasteiger partial charge in [-0.15, -0.1) is 0 Å². The van der Waals surface area contributed by atoms with Crippen molar-refractivity contribution in [1.82, 2.24) is 15.5 Å². The average Bonchev–Trinajstić information content (AvgIpc) is 2.63. The fraction of sp³-hybridized carbons (Fsp3) is 0.550. The van der Waals surface area contributed by atoms with Crippen molar-refractivity contribution in [2.45, 2.75) is 39.2 Å². The molecule has 1 aromatic rings. The molecule has 1 saturated heterocycles. The Balaban J connectivity index is 1.68. The van der Waals surface area contributed by atoms with Crippen molar-refractivity contribution >= 4 is 29.5 Å². The Hall–Kier alpha value is -2.28. The number of amides is 3. The standard InChI is InChI=1S/C20H28ClN3O4/c1-20(2,3)28-19(27)23-13-17(25)22-12-14-8-10-24(11-9-14)18(26)15-6-4-5-7-16(15)21/h4-7,14H,8-13H2,1-3H3,(H,22,25)(H,23,27). The lowest BCUT2D eigenvalue weighted by Gasteiger charge is -2.32. The zero-order valence-electron chi connectivity index (χ0n) is 16.6. The highest BCUT2D eigenvalue weighted by molar-refractivity contribution is 6.33. The monoisotopic (exact) mass is 409 g/mol. The first kappa shape index (κ1) is 22.0. The van der Waals surface area contributed by atoms with Crippen LogP contribution in [0.2, 0.25) is 5.02 Å². The van der Waals surface area contributed by atoms with E-state index in [9.17, 15) is 14.4 Å². The molecule has 0 unspecified atom stereocenters. The zero-order valence-corrected chi connectivity index (χ0v) is 17.3. The van der Waals surface area contributed by atoms with Gasteiger partial charge in [0.25, 0.3) is 5.91 Å². The number of alkyl carbamates (subject to hydrolysis) is 1. The van der Waals surface area contributed by atoms with Gasteiger partial charge in [-0.3, -0.25) is 9.59 Å². The number of rotatable bonds is 5. The van der Waals surface area contributed by atoms with Gasteiger partial charge in [-0.25, -0.2) is 4.79 Å². The summed E-state index contributed by atoms with van der Waals surface area (Å²) in [5.41, 5.74) is -0.0835. The topological polar surface area (TPSA) is 87.7 Å². The van der Waals surface area contributed by atoms with E-state index in [1.54, 1.807) is 49.9 Å². The highest BCUT2D eigenvalue weighted by Crippen LogP contribution is 2.22. The smallest absolute Gasteiger partial charge is 0.408 e. The van der Waals surface area contributed by atoms with Gasteiger partial charge < -0.3 is 20.3 Å². The third-order valence-corrected chi connectivity index (χ3v) is 4.72. The average molecular weight is 410 g/mol. The number of benzene rings is 1. The number of piperidine rings is 1. The lowest BCUT2D eigenvalue weighted by Crippen LogP contribution is -2.44. The number of ether oxygens (including phenoxy) is 1. The van der Waals surface area contributed by atoms with Gasteiger partial charge >= 0.3 is 6.09 Å². The van der Waals surface area contributed by atoms with Crippen LogP contribution in [0.1, 0.15) is 44.0 Å². The predicted molar refractivity (Wildman–Crippen MR) is 107 cm³/mol. The second kappa shape index (κ2) is 9.78. The largest absolute Gasteiger partial charge is 0.444 e. The molecule has 2 rings (SSSR count). The fourth-order valence-electron chi connectivity index (χ4n) is 2.93. The van der Waals surface area contributed by atoms with Crippen molar-refractivity contribution in [2.75, 3.05) is 26.2 Å². The van der Waals surface area contributed by atoms with Gasteiger partial charge in [0, 0.05) is 19.6 Å². The Morgan fingerprint density at radius 1 is 1.14 bits per heavy atom. The maximum Gasteiger partial charge on any atom is 0.408 e. The van der Waals surface area contributed by atoms with E-state index in [4.69, 9.17) is 16.3 Å². The second-order valence-corrected chi connectivity index (χ2v) is 8.28. The molecule has 0 atom stereocenters. The summed E-state index contributed by atoms with van der Waals surface area (Å²) in [5, 5.41) is 5.71. The molecule has 1 aliphatic rings. The Labute approximate surface area is 170 Å². The molecule has 0 spiro atoms. The molecule has 2 N–H and O–H groups in total. The minimum atomic E-state index is -0.617. The Morgan fingerprint density at radius 2 is 1.79 bits per heavy atom. The molecule has 1 heterocycles. The van der Waals surface area contributed by atoms with Crippen LogP contribution in [0.5, 0.6) is 0 Å². The summed E-state index contributed by atoms with van der Waals surface area (Å²) >= 11 is 6.11. The summed E-state index contributed by atoms with van der Waals surface area (Å²) in [6, 6.07) is 7.04. The van der Waals surface area contributed by atoms with Gasteiger partial charge in [-0.2, -0.15) is 0 Å². The first-order valence-corrected chi connectivity index (χ1v) is 9.81. The van der Waals surface area contributed by atoms with E-state index in [2.05, 4.69) is 10.6 Å². The number of carbonyl (C=O) groups is 3. The van der Waals surface area contributed by atoms with Crippen LogP contribution >= 0.6 is 11.6 Å². The summed E-state index contributed by atoms with van der Waals surface area (Å²) in [7, 11) is 0.